The van der Waals surface area contributed by atoms with E-state index >= 15 is 0 Å². The Morgan fingerprint density at radius 3 is 2.59 bits per heavy atom. The van der Waals surface area contributed by atoms with Crippen LogP contribution in [0.3, 0.4) is 0 Å². The summed E-state index contributed by atoms with van der Waals surface area (Å²) < 4.78 is 41.0. The molecule has 0 saturated carbocycles. The van der Waals surface area contributed by atoms with E-state index in [1.165, 1.54) is 13.3 Å². The van der Waals surface area contributed by atoms with E-state index in [-0.39, 0.29) is 30.9 Å². The third-order valence-electron chi connectivity index (χ3n) is 7.72. The normalized spacial score (nSPS) is 21.4. The molecule has 3 saturated heterocycles. The number of hydrogen-bond donors (Lipinski definition) is 0. The number of hydrogen-bond acceptors (Lipinski definition) is 8. The Kier molecular flexibility index (Phi) is 5.15. The van der Waals surface area contributed by atoms with Gasteiger partial charge in [-0.25, -0.2) is 13.8 Å². The SMILES string of the molecule is COc1cc(N2CC3(C2)CN(c2nnc4n2-c2ccc(Cl)cc2CN(CC2(F)COC2)C4)C3)ncc1F. The van der Waals surface area contributed by atoms with E-state index in [9.17, 15) is 8.78 Å². The summed E-state index contributed by atoms with van der Waals surface area (Å²) in [4.78, 5) is 10.6. The van der Waals surface area contributed by atoms with Gasteiger partial charge in [0.2, 0.25) is 5.95 Å². The van der Waals surface area contributed by atoms with Crippen LogP contribution >= 0.6 is 11.6 Å². The highest BCUT2D eigenvalue weighted by Gasteiger charge is 2.53. The fourth-order valence-corrected chi connectivity index (χ4v) is 6.15. The van der Waals surface area contributed by atoms with Gasteiger partial charge in [0.1, 0.15) is 5.82 Å². The zero-order valence-electron chi connectivity index (χ0n) is 20.3. The van der Waals surface area contributed by atoms with Crippen LogP contribution in [-0.2, 0) is 17.8 Å². The standard InChI is InChI=1S/C25H26ClF2N7O2/c1-36-20-5-21(29-6-18(20)27)33-9-24(10-33)11-34(12-24)23-31-30-22-8-32(13-25(28)14-37-15-25)7-16-4-17(26)2-3-19(16)35(22)23/h2-6H,7-15H2,1H3. The minimum Gasteiger partial charge on any atom is -0.493 e. The number of alkyl halides is 1. The van der Waals surface area contributed by atoms with Crippen molar-refractivity contribution in [2.75, 3.05) is 62.8 Å². The molecule has 1 spiro atoms. The van der Waals surface area contributed by atoms with Gasteiger partial charge in [0.25, 0.3) is 0 Å². The monoisotopic (exact) mass is 529 g/mol. The van der Waals surface area contributed by atoms with Gasteiger partial charge in [-0.3, -0.25) is 9.47 Å². The molecule has 2 aromatic heterocycles. The zero-order chi connectivity index (χ0) is 25.4. The Labute approximate surface area is 217 Å². The molecule has 3 fully saturated rings. The van der Waals surface area contributed by atoms with E-state index in [1.54, 1.807) is 6.07 Å². The third kappa shape index (κ3) is 3.82. The number of halogens is 3. The van der Waals surface area contributed by atoms with Gasteiger partial charge < -0.3 is 19.3 Å². The van der Waals surface area contributed by atoms with Gasteiger partial charge in [-0.05, 0) is 23.8 Å². The van der Waals surface area contributed by atoms with Crippen LogP contribution in [0.4, 0.5) is 20.5 Å². The first-order chi connectivity index (χ1) is 17.8. The number of fused-ring (bicyclic) bond motifs is 3. The lowest BCUT2D eigenvalue weighted by molar-refractivity contribution is -0.142. The Morgan fingerprint density at radius 2 is 1.86 bits per heavy atom. The van der Waals surface area contributed by atoms with Crippen LogP contribution in [-0.4, -0.2) is 83.4 Å². The lowest BCUT2D eigenvalue weighted by Gasteiger charge is -2.60. The van der Waals surface area contributed by atoms with Crippen LogP contribution in [0.25, 0.3) is 5.69 Å². The molecule has 12 heteroatoms. The van der Waals surface area contributed by atoms with E-state index in [2.05, 4.69) is 34.4 Å². The van der Waals surface area contributed by atoms with Gasteiger partial charge in [0.15, 0.2) is 23.1 Å². The molecule has 6 heterocycles. The van der Waals surface area contributed by atoms with Gasteiger partial charge in [-0.15, -0.1) is 10.2 Å². The van der Waals surface area contributed by atoms with E-state index in [0.29, 0.717) is 23.9 Å². The van der Waals surface area contributed by atoms with E-state index in [0.717, 1.165) is 49.2 Å². The Bertz CT molecular complexity index is 1370. The van der Waals surface area contributed by atoms with Gasteiger partial charge >= 0.3 is 0 Å². The van der Waals surface area contributed by atoms with Crippen molar-refractivity contribution < 1.29 is 18.3 Å². The molecule has 0 radical (unpaired) electrons. The molecule has 7 rings (SSSR count). The second-order valence-corrected chi connectivity index (χ2v) is 11.1. The number of pyridine rings is 1. The molecule has 37 heavy (non-hydrogen) atoms. The number of rotatable bonds is 5. The first-order valence-corrected chi connectivity index (χ1v) is 12.6. The van der Waals surface area contributed by atoms with E-state index in [4.69, 9.17) is 21.1 Å². The topological polar surface area (TPSA) is 71.8 Å². The average Bonchev–Trinajstić information content (AvgIpc) is 3.13. The number of nitrogens with zero attached hydrogens (tertiary/aromatic N) is 7. The van der Waals surface area contributed by atoms with Crippen molar-refractivity contribution >= 4 is 23.4 Å². The molecule has 0 aliphatic carbocycles. The lowest BCUT2D eigenvalue weighted by atomic mass is 9.73. The predicted octanol–water partition coefficient (Wildman–Crippen LogP) is 2.84. The molecule has 0 atom stereocenters. The van der Waals surface area contributed by atoms with Crippen LogP contribution in [0.1, 0.15) is 11.4 Å². The largest absolute Gasteiger partial charge is 0.493 e. The molecule has 0 bridgehead atoms. The highest BCUT2D eigenvalue weighted by atomic mass is 35.5. The Balaban J connectivity index is 1.11. The maximum Gasteiger partial charge on any atom is 0.231 e. The summed E-state index contributed by atoms with van der Waals surface area (Å²) in [5.41, 5.74) is 0.774. The molecular formula is C25H26ClF2N7O2. The molecule has 1 aromatic carbocycles. The summed E-state index contributed by atoms with van der Waals surface area (Å²) >= 11 is 6.34. The maximum atomic E-state index is 14.9. The highest BCUT2D eigenvalue weighted by Crippen LogP contribution is 2.44. The summed E-state index contributed by atoms with van der Waals surface area (Å²) in [6, 6.07) is 7.44. The van der Waals surface area contributed by atoms with Crippen molar-refractivity contribution in [3.05, 3.63) is 52.7 Å². The van der Waals surface area contributed by atoms with Crippen LogP contribution in [0, 0.1) is 11.2 Å². The van der Waals surface area contributed by atoms with Crippen LogP contribution in [0.15, 0.2) is 30.5 Å². The summed E-state index contributed by atoms with van der Waals surface area (Å²) in [5.74, 6) is 2.01. The molecule has 9 nitrogen and oxygen atoms in total. The van der Waals surface area contributed by atoms with Crippen molar-refractivity contribution in [3.63, 3.8) is 0 Å². The molecule has 0 amide bonds. The number of anilines is 2. The molecule has 3 aromatic rings. The minimum absolute atomic E-state index is 0.122. The number of benzene rings is 1. The number of aromatic nitrogens is 4. The van der Waals surface area contributed by atoms with Crippen molar-refractivity contribution in [2.45, 2.75) is 18.8 Å². The third-order valence-corrected chi connectivity index (χ3v) is 7.96. The molecule has 0 unspecified atom stereocenters. The van der Waals surface area contributed by atoms with Gasteiger partial charge in [-0.2, -0.15) is 0 Å². The van der Waals surface area contributed by atoms with Gasteiger partial charge in [0.05, 0.1) is 38.8 Å². The van der Waals surface area contributed by atoms with E-state index < -0.39 is 11.5 Å². The fourth-order valence-electron chi connectivity index (χ4n) is 5.95. The van der Waals surface area contributed by atoms with Crippen LogP contribution in [0.5, 0.6) is 5.75 Å². The summed E-state index contributed by atoms with van der Waals surface area (Å²) in [6.07, 6.45) is 1.20. The minimum atomic E-state index is -1.33. The molecule has 4 aliphatic rings. The first kappa shape index (κ1) is 23.1. The maximum absolute atomic E-state index is 14.9. The Hall–Kier alpha value is -3.02. The number of ether oxygens (including phenoxy) is 2. The van der Waals surface area contributed by atoms with Crippen molar-refractivity contribution in [1.82, 2.24) is 24.6 Å². The van der Waals surface area contributed by atoms with Crippen molar-refractivity contribution in [3.8, 4) is 11.4 Å². The van der Waals surface area contributed by atoms with Crippen LogP contribution in [0.2, 0.25) is 5.02 Å². The highest BCUT2D eigenvalue weighted by molar-refractivity contribution is 6.30. The summed E-state index contributed by atoms with van der Waals surface area (Å²) in [5, 5.41) is 9.72. The fraction of sp³-hybridized carbons (Fsp3) is 0.480. The molecular weight excluding hydrogens is 504 g/mol. The van der Waals surface area contributed by atoms with Gasteiger partial charge in [-0.1, -0.05) is 11.6 Å². The van der Waals surface area contributed by atoms with Crippen molar-refractivity contribution in [1.29, 1.82) is 0 Å². The first-order valence-electron chi connectivity index (χ1n) is 12.3. The smallest absolute Gasteiger partial charge is 0.231 e. The van der Waals surface area contributed by atoms with Gasteiger partial charge in [0, 0.05) is 55.8 Å². The zero-order valence-corrected chi connectivity index (χ0v) is 21.1. The van der Waals surface area contributed by atoms with Crippen molar-refractivity contribution in [2.24, 2.45) is 5.41 Å². The van der Waals surface area contributed by atoms with Crippen LogP contribution < -0.4 is 14.5 Å². The predicted molar refractivity (Wildman–Crippen MR) is 133 cm³/mol. The molecule has 4 aliphatic heterocycles. The average molecular weight is 530 g/mol. The quantitative estimate of drug-likeness (QED) is 0.500. The van der Waals surface area contributed by atoms with E-state index in [1.807, 2.05) is 18.2 Å². The molecule has 194 valence electrons. The summed E-state index contributed by atoms with van der Waals surface area (Å²) in [6.45, 7) is 4.88. The second-order valence-electron chi connectivity index (χ2n) is 10.7. The lowest BCUT2D eigenvalue weighted by Crippen LogP contribution is -2.73. The number of methoxy groups -OCH3 is 1. The summed E-state index contributed by atoms with van der Waals surface area (Å²) in [7, 11) is 1.45. The molecule has 0 N–H and O–H groups in total. The Morgan fingerprint density at radius 1 is 1.08 bits per heavy atom. The second kappa shape index (κ2) is 8.24.